The van der Waals surface area contributed by atoms with Crippen molar-refractivity contribution in [1.29, 1.82) is 0 Å². The first kappa shape index (κ1) is 14.8. The number of anilines is 1. The fraction of sp³-hybridized carbons (Fsp3) is 0.538. The Morgan fingerprint density at radius 2 is 1.95 bits per heavy atom. The summed E-state index contributed by atoms with van der Waals surface area (Å²) in [5, 5.41) is 0. The van der Waals surface area contributed by atoms with E-state index in [1.807, 2.05) is 0 Å². The van der Waals surface area contributed by atoms with Crippen molar-refractivity contribution >= 4 is 31.5 Å². The molecule has 1 aliphatic rings. The molecular formula is C13H19BrN2O2S. The number of nitrogens with zero attached hydrogens (tertiary/aromatic N) is 1. The monoisotopic (exact) mass is 346 g/mol. The van der Waals surface area contributed by atoms with Gasteiger partial charge in [-0.3, -0.25) is 0 Å². The van der Waals surface area contributed by atoms with Gasteiger partial charge in [-0.25, -0.2) is 8.42 Å². The summed E-state index contributed by atoms with van der Waals surface area (Å²) in [5.41, 5.74) is 6.18. The van der Waals surface area contributed by atoms with Gasteiger partial charge in [0.05, 0.1) is 10.6 Å². The highest BCUT2D eigenvalue weighted by Gasteiger charge is 2.19. The molecule has 0 saturated carbocycles. The summed E-state index contributed by atoms with van der Waals surface area (Å²) in [4.78, 5) is 2.66. The zero-order chi connectivity index (χ0) is 13.9. The van der Waals surface area contributed by atoms with Crippen LogP contribution in [0.2, 0.25) is 0 Å². The highest BCUT2D eigenvalue weighted by molar-refractivity contribution is 9.10. The second-order valence-electron chi connectivity index (χ2n) is 4.91. The molecule has 0 aliphatic carbocycles. The number of benzene rings is 1. The van der Waals surface area contributed by atoms with Crippen LogP contribution in [0, 0.1) is 0 Å². The fourth-order valence-electron chi connectivity index (χ4n) is 2.36. The highest BCUT2D eigenvalue weighted by Crippen LogP contribution is 2.25. The average molecular weight is 347 g/mol. The van der Waals surface area contributed by atoms with E-state index in [9.17, 15) is 8.42 Å². The molecule has 0 unspecified atom stereocenters. The Kier molecular flexibility index (Phi) is 4.86. The zero-order valence-corrected chi connectivity index (χ0v) is 13.2. The number of rotatable bonds is 5. The number of halogens is 1. The summed E-state index contributed by atoms with van der Waals surface area (Å²) in [6, 6.07) is 4.83. The van der Waals surface area contributed by atoms with E-state index in [1.165, 1.54) is 12.8 Å². The normalized spacial score (nSPS) is 16.9. The lowest BCUT2D eigenvalue weighted by atomic mass is 10.3. The lowest BCUT2D eigenvalue weighted by Gasteiger charge is -2.14. The van der Waals surface area contributed by atoms with Gasteiger partial charge < -0.3 is 10.6 Å². The Morgan fingerprint density at radius 3 is 2.58 bits per heavy atom. The molecule has 0 atom stereocenters. The Morgan fingerprint density at radius 1 is 1.26 bits per heavy atom. The molecule has 106 valence electrons. The molecule has 0 radical (unpaired) electrons. The van der Waals surface area contributed by atoms with Gasteiger partial charge in [-0.05, 0) is 73.0 Å². The van der Waals surface area contributed by atoms with Gasteiger partial charge >= 0.3 is 0 Å². The molecule has 1 fully saturated rings. The summed E-state index contributed by atoms with van der Waals surface area (Å²) in [5.74, 6) is 0.187. The van der Waals surface area contributed by atoms with Gasteiger partial charge in [0.1, 0.15) is 0 Å². The maximum atomic E-state index is 12.2. The Balaban J connectivity index is 1.97. The molecular weight excluding hydrogens is 328 g/mol. The van der Waals surface area contributed by atoms with E-state index < -0.39 is 9.84 Å². The fourth-order valence-corrected chi connectivity index (χ4v) is 4.86. The number of hydrogen-bond acceptors (Lipinski definition) is 4. The molecule has 0 amide bonds. The minimum absolute atomic E-state index is 0.187. The summed E-state index contributed by atoms with van der Waals surface area (Å²) in [7, 11) is -3.23. The quantitative estimate of drug-likeness (QED) is 0.830. The molecule has 19 heavy (non-hydrogen) atoms. The predicted octanol–water partition coefficient (Wildman–Crippen LogP) is 2.29. The number of likely N-dealkylation sites (tertiary alicyclic amines) is 1. The SMILES string of the molecule is Nc1ccc(S(=O)(=O)CCCN2CCCC2)c(Br)c1. The average Bonchev–Trinajstić information content (AvgIpc) is 2.81. The lowest BCUT2D eigenvalue weighted by Crippen LogP contribution is -2.22. The Bertz CT molecular complexity index is 540. The number of nitrogen functional groups attached to an aromatic ring is 1. The van der Waals surface area contributed by atoms with E-state index in [0.29, 0.717) is 21.5 Å². The molecule has 0 spiro atoms. The number of sulfone groups is 1. The summed E-state index contributed by atoms with van der Waals surface area (Å²) < 4.78 is 25.0. The van der Waals surface area contributed by atoms with E-state index in [4.69, 9.17) is 5.73 Å². The van der Waals surface area contributed by atoms with Gasteiger partial charge in [-0.1, -0.05) is 0 Å². The molecule has 2 N–H and O–H groups in total. The lowest BCUT2D eigenvalue weighted by molar-refractivity contribution is 0.340. The van der Waals surface area contributed by atoms with Crippen molar-refractivity contribution in [3.63, 3.8) is 0 Å². The number of nitrogens with two attached hydrogens (primary N) is 1. The smallest absolute Gasteiger partial charge is 0.179 e. The van der Waals surface area contributed by atoms with Crippen LogP contribution in [0.5, 0.6) is 0 Å². The van der Waals surface area contributed by atoms with E-state index in [2.05, 4.69) is 20.8 Å². The van der Waals surface area contributed by atoms with Crippen molar-refractivity contribution < 1.29 is 8.42 Å². The topological polar surface area (TPSA) is 63.4 Å². The van der Waals surface area contributed by atoms with Crippen LogP contribution < -0.4 is 5.73 Å². The van der Waals surface area contributed by atoms with Crippen LogP contribution in [0.3, 0.4) is 0 Å². The van der Waals surface area contributed by atoms with Gasteiger partial charge in [0.2, 0.25) is 0 Å². The maximum absolute atomic E-state index is 12.2. The summed E-state index contributed by atoms with van der Waals surface area (Å²) in [6.45, 7) is 3.07. The van der Waals surface area contributed by atoms with E-state index >= 15 is 0 Å². The van der Waals surface area contributed by atoms with Crippen LogP contribution >= 0.6 is 15.9 Å². The van der Waals surface area contributed by atoms with Crippen molar-refractivity contribution in [1.82, 2.24) is 4.90 Å². The van der Waals surface area contributed by atoms with Crippen LogP contribution in [-0.2, 0) is 9.84 Å². The van der Waals surface area contributed by atoms with Crippen molar-refractivity contribution in [3.8, 4) is 0 Å². The van der Waals surface area contributed by atoms with Crippen LogP contribution in [0.15, 0.2) is 27.6 Å². The first-order valence-electron chi connectivity index (χ1n) is 6.49. The molecule has 0 bridgehead atoms. The second kappa shape index (κ2) is 6.24. The highest BCUT2D eigenvalue weighted by atomic mass is 79.9. The van der Waals surface area contributed by atoms with E-state index in [0.717, 1.165) is 19.6 Å². The third-order valence-corrected chi connectivity index (χ3v) is 6.15. The standard InChI is InChI=1S/C13H19BrN2O2S/c14-12-10-11(15)4-5-13(12)19(17,18)9-3-8-16-6-1-2-7-16/h4-5,10H,1-3,6-9,15H2. The first-order chi connectivity index (χ1) is 8.99. The Labute approximate surface area is 123 Å². The maximum Gasteiger partial charge on any atom is 0.179 e. The van der Waals surface area contributed by atoms with E-state index in [1.54, 1.807) is 18.2 Å². The van der Waals surface area contributed by atoms with Crippen LogP contribution in [-0.4, -0.2) is 38.7 Å². The van der Waals surface area contributed by atoms with Gasteiger partial charge in [0.15, 0.2) is 9.84 Å². The minimum Gasteiger partial charge on any atom is -0.399 e. The Hall–Kier alpha value is -0.590. The predicted molar refractivity (Wildman–Crippen MR) is 80.9 cm³/mol. The third-order valence-electron chi connectivity index (χ3n) is 3.38. The van der Waals surface area contributed by atoms with Gasteiger partial charge in [-0.2, -0.15) is 0 Å². The largest absolute Gasteiger partial charge is 0.399 e. The molecule has 1 aromatic carbocycles. The van der Waals surface area contributed by atoms with Gasteiger partial charge in [-0.15, -0.1) is 0 Å². The molecule has 6 heteroatoms. The summed E-state index contributed by atoms with van der Waals surface area (Å²) >= 11 is 3.27. The van der Waals surface area contributed by atoms with Crippen molar-refractivity contribution in [2.75, 3.05) is 31.1 Å². The van der Waals surface area contributed by atoms with Gasteiger partial charge in [0.25, 0.3) is 0 Å². The molecule has 0 aromatic heterocycles. The van der Waals surface area contributed by atoms with Gasteiger partial charge in [0, 0.05) is 10.2 Å². The molecule has 2 rings (SSSR count). The molecule has 1 aromatic rings. The van der Waals surface area contributed by atoms with Crippen LogP contribution in [0.1, 0.15) is 19.3 Å². The van der Waals surface area contributed by atoms with E-state index in [-0.39, 0.29) is 5.75 Å². The zero-order valence-electron chi connectivity index (χ0n) is 10.8. The number of hydrogen-bond donors (Lipinski definition) is 1. The van der Waals surface area contributed by atoms with Crippen LogP contribution in [0.25, 0.3) is 0 Å². The molecule has 4 nitrogen and oxygen atoms in total. The third kappa shape index (κ3) is 3.94. The first-order valence-corrected chi connectivity index (χ1v) is 8.94. The summed E-state index contributed by atoms with van der Waals surface area (Å²) in [6.07, 6.45) is 3.14. The second-order valence-corrected chi connectivity index (χ2v) is 7.84. The van der Waals surface area contributed by atoms with Crippen molar-refractivity contribution in [2.45, 2.75) is 24.2 Å². The van der Waals surface area contributed by atoms with Crippen LogP contribution in [0.4, 0.5) is 5.69 Å². The van der Waals surface area contributed by atoms with Crippen molar-refractivity contribution in [3.05, 3.63) is 22.7 Å². The molecule has 1 aliphatic heterocycles. The molecule has 1 heterocycles. The van der Waals surface area contributed by atoms with Crippen molar-refractivity contribution in [2.24, 2.45) is 0 Å². The molecule has 1 saturated heterocycles. The minimum atomic E-state index is -3.23.